The van der Waals surface area contributed by atoms with Crippen LogP contribution in [0.25, 0.3) is 22.2 Å². The molecule has 3 N–H and O–H groups in total. The van der Waals surface area contributed by atoms with Crippen molar-refractivity contribution in [3.63, 3.8) is 0 Å². The summed E-state index contributed by atoms with van der Waals surface area (Å²) in [5, 5.41) is 7.42. The third kappa shape index (κ3) is 3.52. The molecular weight excluding hydrogens is 366 g/mol. The number of nitrogens with one attached hydrogen (secondary N) is 1. The van der Waals surface area contributed by atoms with Gasteiger partial charge in [-0.15, -0.1) is 0 Å². The normalized spacial score (nSPS) is 12.6. The van der Waals surface area contributed by atoms with Gasteiger partial charge in [-0.3, -0.25) is 9.78 Å². The third-order valence-corrected chi connectivity index (χ3v) is 4.72. The van der Waals surface area contributed by atoms with Crippen LogP contribution in [0.4, 0.5) is 5.82 Å². The Labute approximate surface area is 167 Å². The Hall–Kier alpha value is -3.81. The molecule has 1 amide bonds. The Balaban J connectivity index is 1.92. The molecule has 0 unspecified atom stereocenters. The summed E-state index contributed by atoms with van der Waals surface area (Å²) >= 11 is 0. The van der Waals surface area contributed by atoms with Crippen molar-refractivity contribution in [1.82, 2.24) is 24.9 Å². The molecule has 29 heavy (non-hydrogen) atoms. The molecule has 0 spiro atoms. The van der Waals surface area contributed by atoms with E-state index in [1.54, 1.807) is 18.6 Å². The van der Waals surface area contributed by atoms with Crippen molar-refractivity contribution >= 4 is 40.1 Å². The number of hydrogen-bond acceptors (Lipinski definition) is 6. The molecule has 0 aliphatic heterocycles. The Morgan fingerprint density at radius 1 is 1.21 bits per heavy atom. The molecule has 0 saturated heterocycles. The predicted molar refractivity (Wildman–Crippen MR) is 114 cm³/mol. The molecule has 0 saturated carbocycles. The van der Waals surface area contributed by atoms with Gasteiger partial charge in [0.2, 0.25) is 0 Å². The van der Waals surface area contributed by atoms with Crippen LogP contribution < -0.4 is 11.1 Å². The Morgan fingerprint density at radius 2 is 1.90 bits per heavy atom. The number of nitrogens with two attached hydrogens (primary N) is 1. The molecule has 3 aromatic heterocycles. The molecule has 4 rings (SSSR count). The molecule has 8 heteroatoms. The number of nitrogen functional groups attached to an aromatic ring is 1. The van der Waals surface area contributed by atoms with Gasteiger partial charge in [-0.25, -0.2) is 9.97 Å². The van der Waals surface area contributed by atoms with Crippen LogP contribution in [0.15, 0.2) is 53.9 Å². The number of hydrogen-bond donors (Lipinski definition) is 2. The number of carbonyl (C=O) groups is 1. The van der Waals surface area contributed by atoms with Crippen LogP contribution in [-0.4, -0.2) is 37.8 Å². The van der Waals surface area contributed by atoms with Gasteiger partial charge in [0.05, 0.1) is 17.2 Å². The van der Waals surface area contributed by atoms with Gasteiger partial charge in [0.15, 0.2) is 5.65 Å². The van der Waals surface area contributed by atoms with Gasteiger partial charge in [-0.2, -0.15) is 9.78 Å². The molecule has 3 heterocycles. The summed E-state index contributed by atoms with van der Waals surface area (Å²) in [6.45, 7) is 3.94. The van der Waals surface area contributed by atoms with E-state index in [9.17, 15) is 4.79 Å². The molecule has 8 nitrogen and oxygen atoms in total. The molecule has 146 valence electrons. The Bertz CT molecular complexity index is 1210. The molecule has 0 radical (unpaired) electrons. The lowest BCUT2D eigenvalue weighted by Crippen LogP contribution is -2.32. The van der Waals surface area contributed by atoms with Gasteiger partial charge >= 0.3 is 0 Å². The van der Waals surface area contributed by atoms with E-state index in [0.29, 0.717) is 22.2 Å². The van der Waals surface area contributed by atoms with Crippen molar-refractivity contribution in [3.05, 3.63) is 59.9 Å². The fraction of sp³-hybridized carbons (Fsp3) is 0.190. The monoisotopic (exact) mass is 387 g/mol. The average Bonchev–Trinajstić information content (AvgIpc) is 3.01. The first-order valence-corrected chi connectivity index (χ1v) is 9.40. The van der Waals surface area contributed by atoms with Crippen LogP contribution in [0.5, 0.6) is 0 Å². The third-order valence-electron chi connectivity index (χ3n) is 4.72. The summed E-state index contributed by atoms with van der Waals surface area (Å²) in [7, 11) is 0. The fourth-order valence-corrected chi connectivity index (χ4v) is 2.96. The number of rotatable bonds is 5. The first-order chi connectivity index (χ1) is 14.1. The zero-order valence-electron chi connectivity index (χ0n) is 16.2. The minimum absolute atomic E-state index is 0.00837. The molecule has 0 fully saturated rings. The Morgan fingerprint density at radius 3 is 2.59 bits per heavy atom. The van der Waals surface area contributed by atoms with E-state index in [1.165, 1.54) is 4.68 Å². The van der Waals surface area contributed by atoms with Crippen molar-refractivity contribution in [1.29, 1.82) is 0 Å². The van der Waals surface area contributed by atoms with Crippen LogP contribution in [0, 0.1) is 0 Å². The summed E-state index contributed by atoms with van der Waals surface area (Å²) in [5.41, 5.74) is 9.73. The van der Waals surface area contributed by atoms with Crippen LogP contribution >= 0.6 is 0 Å². The minimum atomic E-state index is -0.288. The second kappa shape index (κ2) is 7.67. The molecule has 0 bridgehead atoms. The van der Waals surface area contributed by atoms with E-state index >= 15 is 0 Å². The number of carbonyl (C=O) groups excluding carboxylic acids is 1. The molecule has 0 aliphatic carbocycles. The summed E-state index contributed by atoms with van der Waals surface area (Å²) in [6.07, 6.45) is 5.80. The van der Waals surface area contributed by atoms with E-state index in [2.05, 4.69) is 25.4 Å². The highest BCUT2D eigenvalue weighted by Gasteiger charge is 2.24. The summed E-state index contributed by atoms with van der Waals surface area (Å²) in [6, 6.07) is 11.1. The number of benzene rings is 1. The summed E-state index contributed by atoms with van der Waals surface area (Å²) < 4.78 is 1.46. The molecule has 4 aromatic rings. The van der Waals surface area contributed by atoms with Crippen molar-refractivity contribution in [2.24, 2.45) is 5.10 Å². The van der Waals surface area contributed by atoms with Gasteiger partial charge in [-0.1, -0.05) is 19.1 Å². The topological polar surface area (TPSA) is 111 Å². The number of pyridine rings is 1. The molecule has 1 atom stereocenters. The highest BCUT2D eigenvalue weighted by molar-refractivity contribution is 6.10. The minimum Gasteiger partial charge on any atom is -0.383 e. The lowest BCUT2D eigenvalue weighted by atomic mass is 10.2. The van der Waals surface area contributed by atoms with Crippen LogP contribution in [0.1, 0.15) is 36.2 Å². The lowest BCUT2D eigenvalue weighted by molar-refractivity contribution is 0.0941. The first-order valence-electron chi connectivity index (χ1n) is 9.40. The van der Waals surface area contributed by atoms with Crippen LogP contribution in [-0.2, 0) is 0 Å². The number of anilines is 1. The van der Waals surface area contributed by atoms with Crippen LogP contribution in [0.3, 0.4) is 0 Å². The molecular formula is C21H21N7O. The van der Waals surface area contributed by atoms with Crippen molar-refractivity contribution in [3.8, 4) is 0 Å². The van der Waals surface area contributed by atoms with Gasteiger partial charge in [-0.05, 0) is 43.2 Å². The number of aromatic nitrogens is 4. The van der Waals surface area contributed by atoms with Crippen molar-refractivity contribution in [2.45, 2.75) is 26.3 Å². The van der Waals surface area contributed by atoms with E-state index in [0.717, 1.165) is 12.0 Å². The zero-order valence-corrected chi connectivity index (χ0v) is 16.2. The SMILES string of the molecule is CC[C@H](C)NC(=O)c1c(N)n(/N=C\c2ccncc2)c2nc3ccccc3nc12. The number of nitrogens with zero attached hydrogens (tertiary/aromatic N) is 5. The number of fused-ring (bicyclic) bond motifs is 2. The zero-order chi connectivity index (χ0) is 20.4. The fourth-order valence-electron chi connectivity index (χ4n) is 2.96. The highest BCUT2D eigenvalue weighted by Crippen LogP contribution is 2.28. The first kappa shape index (κ1) is 18.5. The van der Waals surface area contributed by atoms with Crippen LogP contribution in [0.2, 0.25) is 0 Å². The van der Waals surface area contributed by atoms with E-state index < -0.39 is 0 Å². The average molecular weight is 387 g/mol. The van der Waals surface area contributed by atoms with Gasteiger partial charge in [0.25, 0.3) is 5.91 Å². The van der Waals surface area contributed by atoms with E-state index in [4.69, 9.17) is 5.73 Å². The standard InChI is InChI=1S/C21H21N7O/c1-3-13(2)25-21(29)17-18-20(27-16-7-5-4-6-15(16)26-18)28(19(17)22)24-12-14-8-10-23-11-9-14/h4-13H,3,22H2,1-2H3,(H,25,29)/b24-12-/t13-/m0/s1. The second-order valence-electron chi connectivity index (χ2n) is 6.76. The number of amides is 1. The van der Waals surface area contributed by atoms with Crippen molar-refractivity contribution < 1.29 is 4.79 Å². The maximum absolute atomic E-state index is 12.9. The highest BCUT2D eigenvalue weighted by atomic mass is 16.1. The maximum atomic E-state index is 12.9. The molecule has 1 aromatic carbocycles. The summed E-state index contributed by atoms with van der Waals surface area (Å²) in [5.74, 6) is -0.0919. The molecule has 0 aliphatic rings. The quantitative estimate of drug-likeness (QED) is 0.512. The predicted octanol–water partition coefficient (Wildman–Crippen LogP) is 2.97. The maximum Gasteiger partial charge on any atom is 0.257 e. The smallest absolute Gasteiger partial charge is 0.257 e. The Kier molecular flexibility index (Phi) is 4.90. The summed E-state index contributed by atoms with van der Waals surface area (Å²) in [4.78, 5) is 26.3. The lowest BCUT2D eigenvalue weighted by Gasteiger charge is -2.11. The largest absolute Gasteiger partial charge is 0.383 e. The second-order valence-corrected chi connectivity index (χ2v) is 6.76. The number of para-hydroxylation sites is 2. The van der Waals surface area contributed by atoms with Gasteiger partial charge in [0.1, 0.15) is 16.9 Å². The van der Waals surface area contributed by atoms with Crippen molar-refractivity contribution in [2.75, 3.05) is 5.73 Å². The van der Waals surface area contributed by atoms with E-state index in [1.807, 2.05) is 50.2 Å². The van der Waals surface area contributed by atoms with E-state index in [-0.39, 0.29) is 23.3 Å². The van der Waals surface area contributed by atoms with Gasteiger partial charge < -0.3 is 11.1 Å². The van der Waals surface area contributed by atoms with Gasteiger partial charge in [0, 0.05) is 18.4 Å².